The van der Waals surface area contributed by atoms with Crippen molar-refractivity contribution in [2.24, 2.45) is 0 Å². The normalized spacial score (nSPS) is 11.0. The lowest BCUT2D eigenvalue weighted by Crippen LogP contribution is -2.17. The number of carbonyl (C=O) groups is 1. The number of fused-ring (bicyclic) bond motifs is 1. The first-order valence-electron chi connectivity index (χ1n) is 8.51. The molecule has 0 spiro atoms. The standard InChI is InChI=1S/C20H17Cl2NO5/c21-15-4-1-3-13(18(15)22)9-12-5-6-16-14(10-12)19(25)17(28-20(26)27)11-23(16)7-2-8-24/h1,3-6,10-11,24H,2,7-9H2,(H,26,27). The molecule has 0 unspecified atom stereocenters. The van der Waals surface area contributed by atoms with Crippen molar-refractivity contribution in [1.29, 1.82) is 0 Å². The van der Waals surface area contributed by atoms with Gasteiger partial charge >= 0.3 is 6.16 Å². The Hall–Kier alpha value is -2.54. The van der Waals surface area contributed by atoms with E-state index >= 15 is 0 Å². The molecule has 2 aromatic carbocycles. The zero-order chi connectivity index (χ0) is 20.3. The highest BCUT2D eigenvalue weighted by molar-refractivity contribution is 6.42. The molecule has 1 aromatic heterocycles. The van der Waals surface area contributed by atoms with Gasteiger partial charge in [0, 0.05) is 18.5 Å². The summed E-state index contributed by atoms with van der Waals surface area (Å²) in [5.74, 6) is -0.282. The lowest BCUT2D eigenvalue weighted by atomic mass is 10.0. The molecule has 0 saturated heterocycles. The topological polar surface area (TPSA) is 88.8 Å². The van der Waals surface area contributed by atoms with Crippen LogP contribution in [0.5, 0.6) is 5.75 Å². The minimum Gasteiger partial charge on any atom is -0.449 e. The van der Waals surface area contributed by atoms with E-state index in [9.17, 15) is 9.59 Å². The van der Waals surface area contributed by atoms with Gasteiger partial charge in [0.25, 0.3) is 0 Å². The molecular weight excluding hydrogens is 405 g/mol. The van der Waals surface area contributed by atoms with E-state index in [0.717, 1.165) is 11.1 Å². The summed E-state index contributed by atoms with van der Waals surface area (Å²) in [7, 11) is 0. The molecule has 2 N–H and O–H groups in total. The number of halogens is 2. The molecule has 0 saturated carbocycles. The molecule has 0 aliphatic heterocycles. The fraction of sp³-hybridized carbons (Fsp3) is 0.200. The maximum absolute atomic E-state index is 12.7. The third kappa shape index (κ3) is 4.30. The highest BCUT2D eigenvalue weighted by Crippen LogP contribution is 2.28. The van der Waals surface area contributed by atoms with Gasteiger partial charge in [-0.2, -0.15) is 0 Å². The van der Waals surface area contributed by atoms with E-state index < -0.39 is 11.6 Å². The second-order valence-electron chi connectivity index (χ2n) is 6.20. The van der Waals surface area contributed by atoms with E-state index in [1.807, 2.05) is 12.1 Å². The van der Waals surface area contributed by atoms with Crippen LogP contribution < -0.4 is 10.2 Å². The van der Waals surface area contributed by atoms with Crippen molar-refractivity contribution in [3.63, 3.8) is 0 Å². The van der Waals surface area contributed by atoms with Gasteiger partial charge in [-0.15, -0.1) is 0 Å². The van der Waals surface area contributed by atoms with Crippen LogP contribution in [-0.4, -0.2) is 27.5 Å². The van der Waals surface area contributed by atoms with Crippen LogP contribution in [0.3, 0.4) is 0 Å². The first-order chi connectivity index (χ1) is 13.4. The van der Waals surface area contributed by atoms with Crippen molar-refractivity contribution in [2.45, 2.75) is 19.4 Å². The molecule has 0 aliphatic rings. The molecule has 0 fully saturated rings. The molecule has 146 valence electrons. The van der Waals surface area contributed by atoms with Crippen LogP contribution in [0.25, 0.3) is 10.9 Å². The van der Waals surface area contributed by atoms with Crippen molar-refractivity contribution in [1.82, 2.24) is 4.57 Å². The molecule has 0 aliphatic carbocycles. The van der Waals surface area contributed by atoms with Gasteiger partial charge in [0.1, 0.15) is 0 Å². The number of hydrogen-bond donors (Lipinski definition) is 2. The summed E-state index contributed by atoms with van der Waals surface area (Å²) in [5.41, 5.74) is 1.73. The molecule has 0 atom stereocenters. The number of rotatable bonds is 6. The van der Waals surface area contributed by atoms with Crippen LogP contribution in [-0.2, 0) is 13.0 Å². The zero-order valence-corrected chi connectivity index (χ0v) is 16.2. The van der Waals surface area contributed by atoms with E-state index in [2.05, 4.69) is 4.74 Å². The smallest absolute Gasteiger partial charge is 0.449 e. The van der Waals surface area contributed by atoms with Crippen molar-refractivity contribution >= 4 is 40.3 Å². The number of aromatic nitrogens is 1. The average Bonchev–Trinajstić information content (AvgIpc) is 2.66. The first-order valence-corrected chi connectivity index (χ1v) is 9.27. The van der Waals surface area contributed by atoms with E-state index in [-0.39, 0.29) is 12.4 Å². The fourth-order valence-electron chi connectivity index (χ4n) is 3.03. The van der Waals surface area contributed by atoms with Gasteiger partial charge in [-0.05, 0) is 42.2 Å². The van der Waals surface area contributed by atoms with Crippen molar-refractivity contribution in [3.8, 4) is 5.75 Å². The molecule has 1 heterocycles. The van der Waals surface area contributed by atoms with Gasteiger partial charge in [-0.3, -0.25) is 4.79 Å². The average molecular weight is 422 g/mol. The van der Waals surface area contributed by atoms with Crippen LogP contribution in [0.2, 0.25) is 10.0 Å². The Labute approximate surface area is 170 Å². The Morgan fingerprint density at radius 2 is 1.96 bits per heavy atom. The molecule has 0 amide bonds. The second kappa shape index (κ2) is 8.65. The lowest BCUT2D eigenvalue weighted by molar-refractivity contribution is 0.143. The van der Waals surface area contributed by atoms with Crippen LogP contribution in [0.4, 0.5) is 4.79 Å². The minimum absolute atomic E-state index is 0.0336. The molecule has 0 bridgehead atoms. The maximum Gasteiger partial charge on any atom is 0.511 e. The van der Waals surface area contributed by atoms with Crippen molar-refractivity contribution in [3.05, 3.63) is 74.0 Å². The summed E-state index contributed by atoms with van der Waals surface area (Å²) in [5, 5.41) is 19.2. The third-order valence-electron chi connectivity index (χ3n) is 4.29. The van der Waals surface area contributed by atoms with E-state index in [1.165, 1.54) is 6.20 Å². The summed E-state index contributed by atoms with van der Waals surface area (Å²) in [6, 6.07) is 10.7. The monoisotopic (exact) mass is 421 g/mol. The number of nitrogens with zero attached hydrogens (tertiary/aromatic N) is 1. The number of aryl methyl sites for hydroxylation is 1. The molecular formula is C20H17Cl2NO5. The number of aliphatic hydroxyl groups is 1. The quantitative estimate of drug-likeness (QED) is 0.577. The molecule has 3 rings (SSSR count). The molecule has 8 heteroatoms. The van der Waals surface area contributed by atoms with Crippen LogP contribution in [0.15, 0.2) is 47.4 Å². The zero-order valence-electron chi connectivity index (χ0n) is 14.7. The fourth-order valence-corrected chi connectivity index (χ4v) is 3.41. The molecule has 0 radical (unpaired) electrons. The summed E-state index contributed by atoms with van der Waals surface area (Å²) in [6.45, 7) is 0.372. The molecule has 3 aromatic rings. The SMILES string of the molecule is O=C(O)Oc1cn(CCCO)c2ccc(Cc3cccc(Cl)c3Cl)cc2c1=O. The van der Waals surface area contributed by atoms with Crippen molar-refractivity contribution < 1.29 is 19.7 Å². The van der Waals surface area contributed by atoms with Crippen LogP contribution in [0.1, 0.15) is 17.5 Å². The van der Waals surface area contributed by atoms with Crippen molar-refractivity contribution in [2.75, 3.05) is 6.61 Å². The summed E-state index contributed by atoms with van der Waals surface area (Å²) < 4.78 is 6.34. The maximum atomic E-state index is 12.7. The van der Waals surface area contributed by atoms with E-state index in [0.29, 0.717) is 40.3 Å². The largest absolute Gasteiger partial charge is 0.511 e. The van der Waals surface area contributed by atoms with Gasteiger partial charge in [-0.25, -0.2) is 4.79 Å². The number of pyridine rings is 1. The number of aliphatic hydroxyl groups excluding tert-OH is 1. The Morgan fingerprint density at radius 1 is 1.18 bits per heavy atom. The highest BCUT2D eigenvalue weighted by atomic mass is 35.5. The highest BCUT2D eigenvalue weighted by Gasteiger charge is 2.14. The predicted molar refractivity (Wildman–Crippen MR) is 108 cm³/mol. The first kappa shape index (κ1) is 20.2. The van der Waals surface area contributed by atoms with Crippen LogP contribution in [0, 0.1) is 0 Å². The lowest BCUT2D eigenvalue weighted by Gasteiger charge is -2.14. The van der Waals surface area contributed by atoms with Crippen LogP contribution >= 0.6 is 23.2 Å². The van der Waals surface area contributed by atoms with Gasteiger partial charge in [0.05, 0.1) is 21.8 Å². The third-order valence-corrected chi connectivity index (χ3v) is 5.15. The number of ether oxygens (including phenoxy) is 1. The van der Waals surface area contributed by atoms with E-state index in [1.54, 1.807) is 28.8 Å². The Kier molecular flexibility index (Phi) is 6.24. The van der Waals surface area contributed by atoms with Gasteiger partial charge in [-0.1, -0.05) is 41.4 Å². The molecule has 6 nitrogen and oxygen atoms in total. The summed E-state index contributed by atoms with van der Waals surface area (Å²) >= 11 is 12.3. The predicted octanol–water partition coefficient (Wildman–Crippen LogP) is 4.34. The van der Waals surface area contributed by atoms with Gasteiger partial charge < -0.3 is 19.5 Å². The van der Waals surface area contributed by atoms with Gasteiger partial charge in [0.15, 0.2) is 5.75 Å². The number of carboxylic acid groups (broad SMARTS) is 1. The number of hydrogen-bond acceptors (Lipinski definition) is 4. The van der Waals surface area contributed by atoms with E-state index in [4.69, 9.17) is 33.4 Å². The molecule has 28 heavy (non-hydrogen) atoms. The summed E-state index contributed by atoms with van der Waals surface area (Å²) in [4.78, 5) is 23.6. The number of benzene rings is 2. The Morgan fingerprint density at radius 3 is 2.68 bits per heavy atom. The van der Waals surface area contributed by atoms with Gasteiger partial charge in [0.2, 0.25) is 5.43 Å². The summed E-state index contributed by atoms with van der Waals surface area (Å²) in [6.07, 6.45) is 0.689. The minimum atomic E-state index is -1.56. The Bertz CT molecular complexity index is 1090. The Balaban J connectivity index is 2.10. The second-order valence-corrected chi connectivity index (χ2v) is 6.99.